The molecule has 1 atom stereocenters. The van der Waals surface area contributed by atoms with Crippen LogP contribution in [0.15, 0.2) is 24.4 Å². The molecule has 1 aromatic carbocycles. The van der Waals surface area contributed by atoms with E-state index in [2.05, 4.69) is 10.2 Å². The molecule has 0 radical (unpaired) electrons. The Balaban J connectivity index is 1.57. The van der Waals surface area contributed by atoms with Gasteiger partial charge in [-0.1, -0.05) is 6.07 Å². The standard InChI is InChI=1S/C19H23N3O3/c1-25-18-9-12(5-8-17(18)23)11-22(13-6-7-13)19(24)14-3-2-4-16-15(14)10-20-21-16/h5,8-10,13-14,23H,2-4,6-7,11H2,1H3,(H,20,21)/t14-/m1/s1. The van der Waals surface area contributed by atoms with E-state index in [0.29, 0.717) is 18.3 Å². The molecule has 1 heterocycles. The largest absolute Gasteiger partial charge is 0.504 e. The normalized spacial score (nSPS) is 19.3. The maximum Gasteiger partial charge on any atom is 0.230 e. The zero-order valence-corrected chi connectivity index (χ0v) is 14.4. The zero-order chi connectivity index (χ0) is 17.4. The Labute approximate surface area is 146 Å². The molecule has 2 aromatic rings. The quantitative estimate of drug-likeness (QED) is 0.876. The van der Waals surface area contributed by atoms with Crippen LogP contribution in [0.4, 0.5) is 0 Å². The van der Waals surface area contributed by atoms with Crippen LogP contribution in [0.3, 0.4) is 0 Å². The number of phenolic OH excluding ortho intramolecular Hbond substituents is 1. The van der Waals surface area contributed by atoms with Crippen molar-refractivity contribution in [1.82, 2.24) is 15.1 Å². The van der Waals surface area contributed by atoms with Crippen LogP contribution >= 0.6 is 0 Å². The summed E-state index contributed by atoms with van der Waals surface area (Å²) in [6.45, 7) is 0.545. The number of carbonyl (C=O) groups excluding carboxylic acids is 1. The first-order valence-corrected chi connectivity index (χ1v) is 8.86. The van der Waals surface area contributed by atoms with Crippen LogP contribution in [0, 0.1) is 0 Å². The van der Waals surface area contributed by atoms with Gasteiger partial charge in [0.05, 0.1) is 19.2 Å². The maximum atomic E-state index is 13.3. The van der Waals surface area contributed by atoms with Crippen LogP contribution < -0.4 is 4.74 Å². The molecule has 1 saturated carbocycles. The number of aromatic hydroxyl groups is 1. The third-order valence-electron chi connectivity index (χ3n) is 5.21. The molecule has 1 fully saturated rings. The van der Waals surface area contributed by atoms with Crippen LogP contribution in [-0.2, 0) is 17.8 Å². The van der Waals surface area contributed by atoms with Crippen molar-refractivity contribution in [3.8, 4) is 11.5 Å². The van der Waals surface area contributed by atoms with Crippen LogP contribution in [0.5, 0.6) is 11.5 Å². The molecule has 6 nitrogen and oxygen atoms in total. The number of hydrogen-bond acceptors (Lipinski definition) is 4. The summed E-state index contributed by atoms with van der Waals surface area (Å²) in [4.78, 5) is 15.3. The summed E-state index contributed by atoms with van der Waals surface area (Å²) in [7, 11) is 1.53. The second-order valence-electron chi connectivity index (χ2n) is 6.95. The number of carbonyl (C=O) groups is 1. The van der Waals surface area contributed by atoms with Crippen molar-refractivity contribution >= 4 is 5.91 Å². The molecule has 2 aliphatic rings. The van der Waals surface area contributed by atoms with Gasteiger partial charge in [-0.3, -0.25) is 9.89 Å². The number of aromatic amines is 1. The first kappa shape index (κ1) is 16.0. The lowest BCUT2D eigenvalue weighted by Gasteiger charge is -2.29. The highest BCUT2D eigenvalue weighted by atomic mass is 16.5. The topological polar surface area (TPSA) is 78.5 Å². The van der Waals surface area contributed by atoms with E-state index in [1.54, 1.807) is 6.07 Å². The fourth-order valence-corrected chi connectivity index (χ4v) is 3.71. The van der Waals surface area contributed by atoms with E-state index in [-0.39, 0.29) is 17.6 Å². The monoisotopic (exact) mass is 341 g/mol. The number of methoxy groups -OCH3 is 1. The van der Waals surface area contributed by atoms with Crippen molar-refractivity contribution in [2.45, 2.75) is 50.6 Å². The average molecular weight is 341 g/mol. The minimum absolute atomic E-state index is 0.0953. The van der Waals surface area contributed by atoms with E-state index >= 15 is 0 Å². The summed E-state index contributed by atoms with van der Waals surface area (Å²) in [6.07, 6.45) is 6.80. The lowest BCUT2D eigenvalue weighted by molar-refractivity contribution is -0.134. The number of hydrogen-bond donors (Lipinski definition) is 2. The number of H-pyrrole nitrogens is 1. The summed E-state index contributed by atoms with van der Waals surface area (Å²) in [6, 6.07) is 5.61. The SMILES string of the molecule is COc1cc(CN(C(=O)[C@@H]2CCCc3[nH]ncc32)C2CC2)ccc1O. The molecule has 0 unspecified atom stereocenters. The summed E-state index contributed by atoms with van der Waals surface area (Å²) in [5.41, 5.74) is 3.13. The Morgan fingerprint density at radius 2 is 2.24 bits per heavy atom. The number of amides is 1. The molecule has 6 heteroatoms. The molecular formula is C19H23N3O3. The van der Waals surface area contributed by atoms with Crippen LogP contribution in [0.2, 0.25) is 0 Å². The van der Waals surface area contributed by atoms with Gasteiger partial charge < -0.3 is 14.7 Å². The molecular weight excluding hydrogens is 318 g/mol. The second-order valence-corrected chi connectivity index (χ2v) is 6.95. The molecule has 25 heavy (non-hydrogen) atoms. The third-order valence-corrected chi connectivity index (χ3v) is 5.21. The summed E-state index contributed by atoms with van der Waals surface area (Å²) in [5, 5.41) is 16.9. The number of rotatable bonds is 5. The van der Waals surface area contributed by atoms with Crippen molar-refractivity contribution < 1.29 is 14.6 Å². The van der Waals surface area contributed by atoms with E-state index in [9.17, 15) is 9.90 Å². The molecule has 2 N–H and O–H groups in total. The Morgan fingerprint density at radius 1 is 1.40 bits per heavy atom. The Hall–Kier alpha value is -2.50. The van der Waals surface area contributed by atoms with Crippen molar-refractivity contribution in [3.63, 3.8) is 0 Å². The van der Waals surface area contributed by atoms with Crippen molar-refractivity contribution in [3.05, 3.63) is 41.2 Å². The van der Waals surface area contributed by atoms with Gasteiger partial charge in [-0.2, -0.15) is 5.10 Å². The van der Waals surface area contributed by atoms with Gasteiger partial charge in [-0.05, 0) is 49.8 Å². The molecule has 1 aromatic heterocycles. The van der Waals surface area contributed by atoms with Gasteiger partial charge in [-0.15, -0.1) is 0 Å². The predicted octanol–water partition coefficient (Wildman–Crippen LogP) is 2.74. The number of nitrogens with zero attached hydrogens (tertiary/aromatic N) is 2. The highest BCUT2D eigenvalue weighted by Crippen LogP contribution is 2.37. The van der Waals surface area contributed by atoms with Gasteiger partial charge in [0.1, 0.15) is 0 Å². The molecule has 0 saturated heterocycles. The van der Waals surface area contributed by atoms with Crippen molar-refractivity contribution in [2.24, 2.45) is 0 Å². The van der Waals surface area contributed by atoms with Gasteiger partial charge in [0, 0.05) is 23.8 Å². The van der Waals surface area contributed by atoms with Gasteiger partial charge >= 0.3 is 0 Å². The minimum Gasteiger partial charge on any atom is -0.504 e. The Bertz CT molecular complexity index is 782. The Kier molecular flexibility index (Phi) is 4.11. The molecule has 0 bridgehead atoms. The second kappa shape index (κ2) is 6.43. The molecule has 132 valence electrons. The number of aryl methyl sites for hydroxylation is 1. The van der Waals surface area contributed by atoms with Crippen molar-refractivity contribution in [2.75, 3.05) is 7.11 Å². The van der Waals surface area contributed by atoms with Gasteiger partial charge in [-0.25, -0.2) is 0 Å². The minimum atomic E-state index is -0.0953. The number of nitrogens with one attached hydrogen (secondary N) is 1. The maximum absolute atomic E-state index is 13.3. The number of benzene rings is 1. The van der Waals surface area contributed by atoms with Crippen LogP contribution in [0.1, 0.15) is 48.4 Å². The van der Waals surface area contributed by atoms with Gasteiger partial charge in [0.15, 0.2) is 11.5 Å². The fourth-order valence-electron chi connectivity index (χ4n) is 3.71. The smallest absolute Gasteiger partial charge is 0.230 e. The molecule has 0 aliphatic heterocycles. The molecule has 4 rings (SSSR count). The first-order valence-electron chi connectivity index (χ1n) is 8.86. The first-order chi connectivity index (χ1) is 12.2. The third kappa shape index (κ3) is 3.08. The molecule has 1 amide bonds. The predicted molar refractivity (Wildman–Crippen MR) is 92.5 cm³/mol. The highest BCUT2D eigenvalue weighted by Gasteiger charge is 2.38. The molecule has 0 spiro atoms. The lowest BCUT2D eigenvalue weighted by atomic mass is 9.86. The summed E-state index contributed by atoms with van der Waals surface area (Å²) < 4.78 is 5.19. The lowest BCUT2D eigenvalue weighted by Crippen LogP contribution is -2.37. The average Bonchev–Trinajstić information content (AvgIpc) is 3.35. The van der Waals surface area contributed by atoms with E-state index in [1.165, 1.54) is 7.11 Å². The fraction of sp³-hybridized carbons (Fsp3) is 0.474. The van der Waals surface area contributed by atoms with Crippen molar-refractivity contribution in [1.29, 1.82) is 0 Å². The van der Waals surface area contributed by atoms with Crippen LogP contribution in [-0.4, -0.2) is 39.3 Å². The van der Waals surface area contributed by atoms with E-state index < -0.39 is 0 Å². The number of fused-ring (bicyclic) bond motifs is 1. The number of phenols is 1. The van der Waals surface area contributed by atoms with E-state index in [0.717, 1.165) is 48.9 Å². The van der Waals surface area contributed by atoms with Crippen LogP contribution in [0.25, 0.3) is 0 Å². The number of aromatic nitrogens is 2. The van der Waals surface area contributed by atoms with Gasteiger partial charge in [0.2, 0.25) is 5.91 Å². The highest BCUT2D eigenvalue weighted by molar-refractivity contribution is 5.84. The summed E-state index contributed by atoms with van der Waals surface area (Å²) >= 11 is 0. The van der Waals surface area contributed by atoms with E-state index in [1.807, 2.05) is 23.2 Å². The summed E-state index contributed by atoms with van der Waals surface area (Å²) in [5.74, 6) is 0.653. The molecule has 2 aliphatic carbocycles. The van der Waals surface area contributed by atoms with E-state index in [4.69, 9.17) is 4.74 Å². The van der Waals surface area contributed by atoms with Gasteiger partial charge in [0.25, 0.3) is 0 Å². The number of ether oxygens (including phenoxy) is 1. The Morgan fingerprint density at radius 3 is 3.00 bits per heavy atom. The zero-order valence-electron chi connectivity index (χ0n) is 14.4.